The Bertz CT molecular complexity index is 975. The lowest BCUT2D eigenvalue weighted by Crippen LogP contribution is -2.31. The van der Waals surface area contributed by atoms with E-state index < -0.39 is 0 Å². The molecular formula is C23H28Cl2N4O2. The molecule has 31 heavy (non-hydrogen) atoms. The van der Waals surface area contributed by atoms with Crippen molar-refractivity contribution in [3.63, 3.8) is 0 Å². The van der Waals surface area contributed by atoms with Gasteiger partial charge in [0, 0.05) is 71.6 Å². The summed E-state index contributed by atoms with van der Waals surface area (Å²) in [6, 6.07) is 5.19. The first kappa shape index (κ1) is 23.7. The Balaban J connectivity index is 1.89. The average Bonchev–Trinajstić information content (AvgIpc) is 3.27. The number of aryl methyl sites for hydroxylation is 1. The Hall–Kier alpha value is -1.99. The molecule has 0 atom stereocenters. The Kier molecular flexibility index (Phi) is 8.06. The van der Waals surface area contributed by atoms with E-state index in [0.717, 1.165) is 43.5 Å². The van der Waals surface area contributed by atoms with Gasteiger partial charge in [0.25, 0.3) is 0 Å². The highest BCUT2D eigenvalue weighted by molar-refractivity contribution is 6.36. The molecule has 0 unspecified atom stereocenters. The van der Waals surface area contributed by atoms with Crippen LogP contribution in [-0.2, 0) is 17.9 Å². The largest absolute Gasteiger partial charge is 0.343 e. The van der Waals surface area contributed by atoms with Gasteiger partial charge < -0.3 is 15.5 Å². The maximum Gasteiger partial charge on any atom is 0.223 e. The molecule has 6 nitrogen and oxygen atoms in total. The Morgan fingerprint density at radius 3 is 2.61 bits per heavy atom. The number of nitrogens with zero attached hydrogens (tertiary/aromatic N) is 3. The zero-order valence-corrected chi connectivity index (χ0v) is 19.5. The van der Waals surface area contributed by atoms with Crippen LogP contribution in [0.1, 0.15) is 46.6 Å². The quantitative estimate of drug-likeness (QED) is 0.597. The molecule has 1 aromatic carbocycles. The summed E-state index contributed by atoms with van der Waals surface area (Å²) in [5.74, 6) is 0.177. The van der Waals surface area contributed by atoms with Crippen LogP contribution in [0, 0.1) is 6.92 Å². The van der Waals surface area contributed by atoms with Crippen LogP contribution in [0.4, 0.5) is 0 Å². The molecular weight excluding hydrogens is 435 g/mol. The first-order valence-electron chi connectivity index (χ1n) is 10.4. The summed E-state index contributed by atoms with van der Waals surface area (Å²) in [4.78, 5) is 33.1. The van der Waals surface area contributed by atoms with Crippen molar-refractivity contribution >= 4 is 35.4 Å². The van der Waals surface area contributed by atoms with E-state index >= 15 is 0 Å². The van der Waals surface area contributed by atoms with Crippen molar-refractivity contribution in [3.05, 3.63) is 50.8 Å². The highest BCUT2D eigenvalue weighted by Crippen LogP contribution is 2.36. The molecule has 1 aliphatic heterocycles. The lowest BCUT2D eigenvalue weighted by molar-refractivity contribution is -0.130. The number of carbonyl (C=O) groups is 2. The SMILES string of the molecule is Cc1nc(CN(C)CCC(=O)N2CCCC2)c(C=O)c(-c2ccc(Cl)cc2Cl)c1CN. The minimum Gasteiger partial charge on any atom is -0.343 e. The molecule has 0 spiro atoms. The van der Waals surface area contributed by atoms with E-state index in [0.29, 0.717) is 51.9 Å². The van der Waals surface area contributed by atoms with Gasteiger partial charge in [0.15, 0.2) is 6.29 Å². The fraction of sp³-hybridized carbons (Fsp3) is 0.435. The summed E-state index contributed by atoms with van der Waals surface area (Å²) in [6.07, 6.45) is 3.42. The fourth-order valence-electron chi connectivity index (χ4n) is 4.06. The average molecular weight is 463 g/mol. The molecule has 1 saturated heterocycles. The number of likely N-dealkylation sites (tertiary alicyclic amines) is 1. The summed E-state index contributed by atoms with van der Waals surface area (Å²) in [7, 11) is 1.93. The third-order valence-corrected chi connectivity index (χ3v) is 6.28. The Morgan fingerprint density at radius 2 is 2.00 bits per heavy atom. The van der Waals surface area contributed by atoms with Crippen LogP contribution in [-0.4, -0.2) is 53.7 Å². The molecule has 2 aromatic rings. The van der Waals surface area contributed by atoms with Crippen LogP contribution >= 0.6 is 23.2 Å². The van der Waals surface area contributed by atoms with Gasteiger partial charge in [-0.2, -0.15) is 0 Å². The number of aromatic nitrogens is 1. The van der Waals surface area contributed by atoms with Gasteiger partial charge in [0.2, 0.25) is 5.91 Å². The second kappa shape index (κ2) is 10.6. The summed E-state index contributed by atoms with van der Waals surface area (Å²) >= 11 is 12.5. The van der Waals surface area contributed by atoms with Crippen molar-refractivity contribution in [2.45, 2.75) is 39.3 Å². The molecule has 1 amide bonds. The van der Waals surface area contributed by atoms with E-state index in [9.17, 15) is 9.59 Å². The topological polar surface area (TPSA) is 79.5 Å². The molecule has 2 heterocycles. The molecule has 1 aliphatic rings. The number of hydrogen-bond acceptors (Lipinski definition) is 5. The third kappa shape index (κ3) is 5.44. The smallest absolute Gasteiger partial charge is 0.223 e. The fourth-order valence-corrected chi connectivity index (χ4v) is 4.56. The number of aldehydes is 1. The van der Waals surface area contributed by atoms with Gasteiger partial charge >= 0.3 is 0 Å². The number of benzene rings is 1. The second-order valence-electron chi connectivity index (χ2n) is 7.93. The second-order valence-corrected chi connectivity index (χ2v) is 8.78. The molecule has 1 aromatic heterocycles. The summed E-state index contributed by atoms with van der Waals surface area (Å²) in [5.41, 5.74) is 10.0. The molecule has 0 aliphatic carbocycles. The number of carbonyl (C=O) groups excluding carboxylic acids is 2. The van der Waals surface area contributed by atoms with E-state index in [-0.39, 0.29) is 12.5 Å². The molecule has 3 rings (SSSR count). The number of pyridine rings is 1. The van der Waals surface area contributed by atoms with Gasteiger partial charge in [0.1, 0.15) is 0 Å². The maximum atomic E-state index is 12.4. The third-order valence-electron chi connectivity index (χ3n) is 5.73. The van der Waals surface area contributed by atoms with Gasteiger partial charge in [-0.15, -0.1) is 0 Å². The minimum atomic E-state index is 0.177. The molecule has 0 radical (unpaired) electrons. The highest BCUT2D eigenvalue weighted by Gasteiger charge is 2.22. The van der Waals surface area contributed by atoms with E-state index in [4.69, 9.17) is 28.9 Å². The molecule has 1 fully saturated rings. The van der Waals surface area contributed by atoms with Crippen molar-refractivity contribution < 1.29 is 9.59 Å². The number of rotatable bonds is 8. The van der Waals surface area contributed by atoms with E-state index in [2.05, 4.69) is 4.98 Å². The number of nitrogens with two attached hydrogens (primary N) is 1. The molecule has 0 bridgehead atoms. The number of amides is 1. The Labute approximate surface area is 193 Å². The van der Waals surface area contributed by atoms with Crippen molar-refractivity contribution in [2.24, 2.45) is 5.73 Å². The van der Waals surface area contributed by atoms with Crippen molar-refractivity contribution in [1.82, 2.24) is 14.8 Å². The van der Waals surface area contributed by atoms with Gasteiger partial charge in [-0.05, 0) is 44.5 Å². The molecule has 8 heteroatoms. The van der Waals surface area contributed by atoms with Crippen LogP contribution in [0.3, 0.4) is 0 Å². The van der Waals surface area contributed by atoms with Crippen LogP contribution < -0.4 is 5.73 Å². The molecule has 0 saturated carbocycles. The molecule has 2 N–H and O–H groups in total. The normalized spacial score (nSPS) is 13.8. The standard InChI is InChI=1S/C23H28Cl2N4O2/c1-15-18(12-26)23(17-6-5-16(24)11-20(17)25)19(14-30)21(27-15)13-28(2)10-7-22(31)29-8-3-4-9-29/h5-6,11,14H,3-4,7-10,12-13,26H2,1-2H3. The van der Waals surface area contributed by atoms with Crippen molar-refractivity contribution in [2.75, 3.05) is 26.7 Å². The van der Waals surface area contributed by atoms with E-state index in [1.165, 1.54) is 0 Å². The summed E-state index contributed by atoms with van der Waals surface area (Å²) in [6.45, 7) is 4.84. The van der Waals surface area contributed by atoms with Crippen molar-refractivity contribution in [1.29, 1.82) is 0 Å². The van der Waals surface area contributed by atoms with Crippen LogP contribution in [0.15, 0.2) is 18.2 Å². The lowest BCUT2D eigenvalue weighted by Gasteiger charge is -2.22. The van der Waals surface area contributed by atoms with E-state index in [1.807, 2.05) is 23.8 Å². The summed E-state index contributed by atoms with van der Waals surface area (Å²) < 4.78 is 0. The van der Waals surface area contributed by atoms with E-state index in [1.54, 1.807) is 18.2 Å². The number of halogens is 2. The van der Waals surface area contributed by atoms with Crippen LogP contribution in [0.2, 0.25) is 10.0 Å². The first-order valence-corrected chi connectivity index (χ1v) is 11.2. The van der Waals surface area contributed by atoms with Gasteiger partial charge in [-0.1, -0.05) is 29.3 Å². The highest BCUT2D eigenvalue weighted by atomic mass is 35.5. The van der Waals surface area contributed by atoms with Gasteiger partial charge in [0.05, 0.1) is 5.69 Å². The zero-order valence-electron chi connectivity index (χ0n) is 18.0. The van der Waals surface area contributed by atoms with Crippen LogP contribution in [0.5, 0.6) is 0 Å². The zero-order chi connectivity index (χ0) is 22.5. The minimum absolute atomic E-state index is 0.177. The maximum absolute atomic E-state index is 12.4. The predicted octanol–water partition coefficient (Wildman–Crippen LogP) is 4.08. The van der Waals surface area contributed by atoms with Gasteiger partial charge in [-0.25, -0.2) is 0 Å². The van der Waals surface area contributed by atoms with Crippen LogP contribution in [0.25, 0.3) is 11.1 Å². The Morgan fingerprint density at radius 1 is 1.29 bits per heavy atom. The first-order chi connectivity index (χ1) is 14.8. The summed E-state index contributed by atoms with van der Waals surface area (Å²) in [5, 5.41) is 0.968. The molecule has 166 valence electrons. The van der Waals surface area contributed by atoms with Gasteiger partial charge in [-0.3, -0.25) is 14.6 Å². The predicted molar refractivity (Wildman–Crippen MR) is 124 cm³/mol. The monoisotopic (exact) mass is 462 g/mol. The number of hydrogen-bond donors (Lipinski definition) is 1. The van der Waals surface area contributed by atoms with Crippen molar-refractivity contribution in [3.8, 4) is 11.1 Å². The lowest BCUT2D eigenvalue weighted by atomic mass is 9.92.